The number of benzene rings is 1. The van der Waals surface area contributed by atoms with E-state index in [0.29, 0.717) is 6.61 Å². The number of hydrogen-bond donors (Lipinski definition) is 2. The Morgan fingerprint density at radius 3 is 2.25 bits per heavy atom. The molecule has 0 saturated heterocycles. The second-order valence-corrected chi connectivity index (χ2v) is 5.16. The van der Waals surface area contributed by atoms with Crippen molar-refractivity contribution in [2.24, 2.45) is 5.84 Å². The first-order valence-electron chi connectivity index (χ1n) is 7.46. The number of nitrogens with one attached hydrogen (secondary N) is 1. The lowest BCUT2D eigenvalue weighted by molar-refractivity contribution is 0.0276. The lowest BCUT2D eigenvalue weighted by Gasteiger charge is -2.26. The van der Waals surface area contributed by atoms with Crippen LogP contribution in [-0.2, 0) is 4.74 Å². The van der Waals surface area contributed by atoms with E-state index in [2.05, 4.69) is 12.3 Å². The zero-order chi connectivity index (χ0) is 15.0. The van der Waals surface area contributed by atoms with Gasteiger partial charge in [0.1, 0.15) is 5.75 Å². The minimum atomic E-state index is 0.00278. The first-order chi connectivity index (χ1) is 9.62. The highest BCUT2D eigenvalue weighted by Crippen LogP contribution is 2.24. The Morgan fingerprint density at radius 2 is 1.80 bits per heavy atom. The summed E-state index contributed by atoms with van der Waals surface area (Å²) in [6.45, 7) is 8.89. The molecule has 0 aliphatic carbocycles. The van der Waals surface area contributed by atoms with Gasteiger partial charge in [0.25, 0.3) is 0 Å². The van der Waals surface area contributed by atoms with Crippen molar-refractivity contribution >= 4 is 0 Å². The third-order valence-electron chi connectivity index (χ3n) is 3.12. The Hall–Kier alpha value is -1.10. The number of rotatable bonds is 9. The molecule has 20 heavy (non-hydrogen) atoms. The van der Waals surface area contributed by atoms with Crippen molar-refractivity contribution in [1.29, 1.82) is 0 Å². The van der Waals surface area contributed by atoms with Crippen LogP contribution in [0.2, 0.25) is 0 Å². The topological polar surface area (TPSA) is 56.5 Å². The monoisotopic (exact) mass is 280 g/mol. The minimum Gasteiger partial charge on any atom is -0.491 e. The fourth-order valence-corrected chi connectivity index (χ4v) is 2.29. The average Bonchev–Trinajstić information content (AvgIpc) is 2.41. The molecule has 0 aliphatic heterocycles. The summed E-state index contributed by atoms with van der Waals surface area (Å²) in [6, 6.07) is 8.06. The van der Waals surface area contributed by atoms with Crippen molar-refractivity contribution in [3.8, 4) is 5.75 Å². The Balaban J connectivity index is 2.82. The second kappa shape index (κ2) is 8.95. The highest BCUT2D eigenvalue weighted by atomic mass is 16.5. The number of nitrogens with two attached hydrogens (primary N) is 1. The van der Waals surface area contributed by atoms with Gasteiger partial charge >= 0.3 is 0 Å². The highest BCUT2D eigenvalue weighted by molar-refractivity contribution is 5.29. The molecule has 1 aromatic carbocycles. The third kappa shape index (κ3) is 5.12. The van der Waals surface area contributed by atoms with Crippen LogP contribution in [0.3, 0.4) is 0 Å². The summed E-state index contributed by atoms with van der Waals surface area (Å²) >= 11 is 0. The normalized spacial score (nSPS) is 14.3. The first kappa shape index (κ1) is 17.0. The molecule has 0 aliphatic rings. The molecular weight excluding hydrogens is 252 g/mol. The van der Waals surface area contributed by atoms with Crippen molar-refractivity contribution in [2.45, 2.75) is 58.8 Å². The predicted molar refractivity (Wildman–Crippen MR) is 82.6 cm³/mol. The van der Waals surface area contributed by atoms with E-state index < -0.39 is 0 Å². The van der Waals surface area contributed by atoms with E-state index >= 15 is 0 Å². The summed E-state index contributed by atoms with van der Waals surface area (Å²) in [5.74, 6) is 6.60. The van der Waals surface area contributed by atoms with E-state index in [1.807, 2.05) is 45.0 Å². The molecule has 114 valence electrons. The molecule has 0 radical (unpaired) electrons. The van der Waals surface area contributed by atoms with Gasteiger partial charge in [-0.3, -0.25) is 11.3 Å². The van der Waals surface area contributed by atoms with E-state index in [1.165, 1.54) is 0 Å². The average molecular weight is 280 g/mol. The van der Waals surface area contributed by atoms with E-state index in [1.54, 1.807) is 0 Å². The van der Waals surface area contributed by atoms with Gasteiger partial charge in [-0.2, -0.15) is 0 Å². The van der Waals surface area contributed by atoms with Gasteiger partial charge in [0.15, 0.2) is 0 Å². The molecule has 0 heterocycles. The van der Waals surface area contributed by atoms with Gasteiger partial charge in [-0.15, -0.1) is 0 Å². The second-order valence-electron chi connectivity index (χ2n) is 5.16. The van der Waals surface area contributed by atoms with Gasteiger partial charge < -0.3 is 9.47 Å². The van der Waals surface area contributed by atoms with Crippen LogP contribution in [0.4, 0.5) is 0 Å². The molecule has 0 bridgehead atoms. The molecule has 1 aromatic rings. The Bertz CT molecular complexity index is 359. The van der Waals surface area contributed by atoms with E-state index in [-0.39, 0.29) is 18.2 Å². The molecule has 4 heteroatoms. The molecule has 0 aromatic heterocycles. The maximum atomic E-state index is 5.81. The fourth-order valence-electron chi connectivity index (χ4n) is 2.29. The van der Waals surface area contributed by atoms with Crippen LogP contribution >= 0.6 is 0 Å². The highest BCUT2D eigenvalue weighted by Gasteiger charge is 2.21. The maximum absolute atomic E-state index is 5.81. The molecule has 0 fully saturated rings. The number of hydrogen-bond acceptors (Lipinski definition) is 4. The summed E-state index contributed by atoms with van der Waals surface area (Å²) in [5, 5.41) is 0. The van der Waals surface area contributed by atoms with Crippen molar-refractivity contribution in [1.82, 2.24) is 5.43 Å². The van der Waals surface area contributed by atoms with Crippen LogP contribution < -0.4 is 16.0 Å². The van der Waals surface area contributed by atoms with Crippen molar-refractivity contribution in [3.63, 3.8) is 0 Å². The Labute approximate surface area is 122 Å². The van der Waals surface area contributed by atoms with Gasteiger partial charge in [0.05, 0.1) is 18.2 Å². The summed E-state index contributed by atoms with van der Waals surface area (Å²) in [4.78, 5) is 0. The standard InChI is InChI=1S/C16H28N2O2/c1-5-7-15(19-6-2)16(18-17)13-8-10-14(11-9-13)20-12(3)4/h8-12,15-16,18H,5-7,17H2,1-4H3. The van der Waals surface area contributed by atoms with Gasteiger partial charge in [0, 0.05) is 6.61 Å². The molecule has 4 nitrogen and oxygen atoms in total. The van der Waals surface area contributed by atoms with Crippen molar-refractivity contribution in [3.05, 3.63) is 29.8 Å². The third-order valence-corrected chi connectivity index (χ3v) is 3.12. The summed E-state index contributed by atoms with van der Waals surface area (Å²) < 4.78 is 11.5. The summed E-state index contributed by atoms with van der Waals surface area (Å²) in [7, 11) is 0. The van der Waals surface area contributed by atoms with Gasteiger partial charge in [0.2, 0.25) is 0 Å². The SMILES string of the molecule is CCCC(OCC)C(NN)c1ccc(OC(C)C)cc1. The first-order valence-corrected chi connectivity index (χ1v) is 7.46. The van der Waals surface area contributed by atoms with Crippen molar-refractivity contribution in [2.75, 3.05) is 6.61 Å². The lowest BCUT2D eigenvalue weighted by atomic mass is 9.98. The largest absolute Gasteiger partial charge is 0.491 e. The molecule has 0 spiro atoms. The minimum absolute atomic E-state index is 0.00278. The van der Waals surface area contributed by atoms with E-state index in [9.17, 15) is 0 Å². The molecular formula is C16H28N2O2. The van der Waals surface area contributed by atoms with Crippen LogP contribution in [0, 0.1) is 0 Å². The molecule has 3 N–H and O–H groups in total. The van der Waals surface area contributed by atoms with Crippen LogP contribution in [0.5, 0.6) is 5.75 Å². The van der Waals surface area contributed by atoms with Crippen LogP contribution in [0.1, 0.15) is 52.1 Å². The molecule has 0 amide bonds. The van der Waals surface area contributed by atoms with Crippen molar-refractivity contribution < 1.29 is 9.47 Å². The van der Waals surface area contributed by atoms with E-state index in [4.69, 9.17) is 15.3 Å². The Morgan fingerprint density at radius 1 is 1.15 bits per heavy atom. The molecule has 0 saturated carbocycles. The summed E-state index contributed by atoms with van der Waals surface area (Å²) in [6.07, 6.45) is 2.32. The van der Waals surface area contributed by atoms with Gasteiger partial charge in [-0.05, 0) is 44.9 Å². The maximum Gasteiger partial charge on any atom is 0.119 e. The number of hydrazine groups is 1. The van der Waals surface area contributed by atoms with Crippen LogP contribution in [-0.4, -0.2) is 18.8 Å². The van der Waals surface area contributed by atoms with Crippen LogP contribution in [0.25, 0.3) is 0 Å². The molecule has 2 atom stereocenters. The molecule has 2 unspecified atom stereocenters. The predicted octanol–water partition coefficient (Wildman–Crippen LogP) is 3.18. The molecule has 1 rings (SSSR count). The number of ether oxygens (including phenoxy) is 2. The quantitative estimate of drug-likeness (QED) is 0.539. The zero-order valence-electron chi connectivity index (χ0n) is 13.1. The van der Waals surface area contributed by atoms with Crippen LogP contribution in [0.15, 0.2) is 24.3 Å². The lowest BCUT2D eigenvalue weighted by Crippen LogP contribution is -2.38. The van der Waals surface area contributed by atoms with Gasteiger partial charge in [-0.25, -0.2) is 0 Å². The summed E-state index contributed by atoms with van der Waals surface area (Å²) in [5.41, 5.74) is 4.00. The smallest absolute Gasteiger partial charge is 0.119 e. The Kier molecular flexibility index (Phi) is 7.59. The zero-order valence-corrected chi connectivity index (χ0v) is 13.1. The van der Waals surface area contributed by atoms with Gasteiger partial charge in [-0.1, -0.05) is 25.5 Å². The van der Waals surface area contributed by atoms with E-state index in [0.717, 1.165) is 24.2 Å². The fraction of sp³-hybridized carbons (Fsp3) is 0.625.